The second-order valence-corrected chi connectivity index (χ2v) is 6.91. The number of anilines is 2. The summed E-state index contributed by atoms with van der Waals surface area (Å²) in [6.07, 6.45) is 3.85. The van der Waals surface area contributed by atoms with Crippen molar-refractivity contribution in [2.45, 2.75) is 25.7 Å². The predicted octanol–water partition coefficient (Wildman–Crippen LogP) is 3.38. The van der Waals surface area contributed by atoms with Gasteiger partial charge in [-0.15, -0.1) is 0 Å². The second-order valence-electron chi connectivity index (χ2n) is 6.91. The molecule has 0 heterocycles. The van der Waals surface area contributed by atoms with E-state index in [-0.39, 0.29) is 23.7 Å². The third kappa shape index (κ3) is 5.03. The fraction of sp³-hybridized carbons (Fsp3) is 0.300. The second kappa shape index (κ2) is 7.74. The highest BCUT2D eigenvalue weighted by Crippen LogP contribution is 2.31. The Hall–Kier alpha value is -2.96. The minimum absolute atomic E-state index is 0.0532. The van der Waals surface area contributed by atoms with E-state index in [0.29, 0.717) is 22.9 Å². The van der Waals surface area contributed by atoms with Crippen LogP contribution in [0.2, 0.25) is 0 Å². The first kappa shape index (κ1) is 17.5. The van der Waals surface area contributed by atoms with Crippen LogP contribution in [-0.2, 0) is 9.59 Å². The summed E-state index contributed by atoms with van der Waals surface area (Å²) in [5.41, 5.74) is 1.39. The van der Waals surface area contributed by atoms with E-state index in [4.69, 9.17) is 9.31 Å². The van der Waals surface area contributed by atoms with Crippen molar-refractivity contribution in [3.05, 3.63) is 48.5 Å². The summed E-state index contributed by atoms with van der Waals surface area (Å²) >= 11 is 0. The number of benzene rings is 2. The van der Waals surface area contributed by atoms with Gasteiger partial charge in [0, 0.05) is 35.3 Å². The van der Waals surface area contributed by atoms with Gasteiger partial charge in [-0.25, -0.2) is 0 Å². The van der Waals surface area contributed by atoms with Gasteiger partial charge in [-0.2, -0.15) is 0 Å². The number of hydrogen-bond donors (Lipinski definition) is 2. The van der Waals surface area contributed by atoms with Crippen LogP contribution in [0.4, 0.5) is 11.4 Å². The predicted molar refractivity (Wildman–Crippen MR) is 103 cm³/mol. The van der Waals surface area contributed by atoms with Gasteiger partial charge in [-0.05, 0) is 49.9 Å². The van der Waals surface area contributed by atoms with E-state index in [1.165, 1.54) is 7.69 Å². The minimum atomic E-state index is 0.0532. The smallest absolute Gasteiger partial charge is 0.526 e. The van der Waals surface area contributed by atoms with Gasteiger partial charge >= 0.3 is 7.69 Å². The van der Waals surface area contributed by atoms with Gasteiger partial charge in [-0.3, -0.25) is 9.59 Å². The largest absolute Gasteiger partial charge is 0.658 e. The highest BCUT2D eigenvalue weighted by molar-refractivity contribution is 6.20. The Bertz CT molecular complexity index is 780. The monoisotopic (exact) mass is 363 g/mol. The summed E-state index contributed by atoms with van der Waals surface area (Å²) < 4.78 is 11.0. The molecule has 1 radical (unpaired) electrons. The van der Waals surface area contributed by atoms with E-state index in [0.717, 1.165) is 25.7 Å². The molecule has 2 aromatic rings. The zero-order chi connectivity index (χ0) is 18.6. The molecule has 2 fully saturated rings. The molecule has 0 aliphatic heterocycles. The van der Waals surface area contributed by atoms with Crippen LogP contribution < -0.4 is 19.9 Å². The molecule has 0 atom stereocenters. The summed E-state index contributed by atoms with van der Waals surface area (Å²) in [6.45, 7) is 0. The molecule has 0 bridgehead atoms. The summed E-state index contributed by atoms with van der Waals surface area (Å²) in [5, 5.41) is 5.76. The zero-order valence-electron chi connectivity index (χ0n) is 14.8. The third-order valence-electron chi connectivity index (χ3n) is 4.47. The van der Waals surface area contributed by atoms with Crippen LogP contribution in [-0.4, -0.2) is 19.5 Å². The lowest BCUT2D eigenvalue weighted by Gasteiger charge is -2.10. The first-order chi connectivity index (χ1) is 13.2. The summed E-state index contributed by atoms with van der Waals surface area (Å²) in [7, 11) is 1.23. The normalized spacial score (nSPS) is 15.6. The van der Waals surface area contributed by atoms with E-state index in [2.05, 4.69) is 10.6 Å². The lowest BCUT2D eigenvalue weighted by Crippen LogP contribution is -2.15. The molecular weight excluding hydrogens is 343 g/mol. The quantitative estimate of drug-likeness (QED) is 0.705. The van der Waals surface area contributed by atoms with Gasteiger partial charge in [-0.1, -0.05) is 12.1 Å². The van der Waals surface area contributed by atoms with Crippen LogP contribution in [0.15, 0.2) is 48.5 Å². The molecule has 6 nitrogen and oxygen atoms in total. The Balaban J connectivity index is 1.27. The van der Waals surface area contributed by atoms with Crippen molar-refractivity contribution >= 4 is 30.9 Å². The maximum absolute atomic E-state index is 11.8. The summed E-state index contributed by atoms with van der Waals surface area (Å²) in [5.74, 6) is 1.52. The molecule has 0 unspecified atom stereocenters. The number of amides is 2. The number of carbonyl (C=O) groups excluding carboxylic acids is 2. The van der Waals surface area contributed by atoms with E-state index >= 15 is 0 Å². The number of nitrogens with one attached hydrogen (secondary N) is 2. The molecule has 2 saturated carbocycles. The molecule has 2 aliphatic carbocycles. The van der Waals surface area contributed by atoms with Crippen molar-refractivity contribution in [3.63, 3.8) is 0 Å². The first-order valence-electron chi connectivity index (χ1n) is 9.14. The van der Waals surface area contributed by atoms with Crippen molar-refractivity contribution in [2.75, 3.05) is 10.6 Å². The van der Waals surface area contributed by atoms with Crippen LogP contribution in [0.5, 0.6) is 11.5 Å². The Kier molecular flexibility index (Phi) is 5.00. The summed E-state index contributed by atoms with van der Waals surface area (Å²) in [6, 6.07) is 14.3. The Morgan fingerprint density at radius 3 is 1.63 bits per heavy atom. The molecule has 7 heteroatoms. The Morgan fingerprint density at radius 1 is 0.778 bits per heavy atom. The standard InChI is InChI=1S/C20H20BN2O4/c24-19(13-7-8-13)22-15-3-1-5-17(11-15)26-21-27-18-6-2-4-16(12-18)23-20(25)14-9-10-14/h1-6,11-14H,7-10H2,(H,22,24)(H,23,25). The van der Waals surface area contributed by atoms with Gasteiger partial charge < -0.3 is 19.9 Å². The highest BCUT2D eigenvalue weighted by Gasteiger charge is 2.30. The van der Waals surface area contributed by atoms with Gasteiger partial charge in [0.05, 0.1) is 0 Å². The van der Waals surface area contributed by atoms with Gasteiger partial charge in [0.2, 0.25) is 11.8 Å². The fourth-order valence-electron chi connectivity index (χ4n) is 2.61. The van der Waals surface area contributed by atoms with Crippen molar-refractivity contribution in [1.29, 1.82) is 0 Å². The molecule has 4 rings (SSSR count). The van der Waals surface area contributed by atoms with Crippen LogP contribution in [0.25, 0.3) is 0 Å². The fourth-order valence-corrected chi connectivity index (χ4v) is 2.61. The maximum Gasteiger partial charge on any atom is 0.658 e. The van der Waals surface area contributed by atoms with E-state index in [1.54, 1.807) is 36.4 Å². The lowest BCUT2D eigenvalue weighted by atomic mass is 10.2. The van der Waals surface area contributed by atoms with E-state index < -0.39 is 0 Å². The molecule has 27 heavy (non-hydrogen) atoms. The Morgan fingerprint density at radius 2 is 1.22 bits per heavy atom. The molecule has 0 saturated heterocycles. The molecule has 2 aliphatic rings. The topological polar surface area (TPSA) is 76.7 Å². The molecular formula is C20H20BN2O4. The van der Waals surface area contributed by atoms with E-state index in [1.807, 2.05) is 12.1 Å². The van der Waals surface area contributed by atoms with Gasteiger partial charge in [0.25, 0.3) is 0 Å². The Labute approximate surface area is 158 Å². The molecule has 0 aromatic heterocycles. The van der Waals surface area contributed by atoms with Gasteiger partial charge in [0.15, 0.2) is 0 Å². The zero-order valence-corrected chi connectivity index (χ0v) is 14.8. The number of rotatable bonds is 8. The average Bonchev–Trinajstić information content (AvgIpc) is 3.56. The molecule has 137 valence electrons. The highest BCUT2D eigenvalue weighted by atomic mass is 16.6. The molecule has 2 aromatic carbocycles. The van der Waals surface area contributed by atoms with Crippen LogP contribution in [0.3, 0.4) is 0 Å². The van der Waals surface area contributed by atoms with Crippen molar-refractivity contribution < 1.29 is 18.9 Å². The summed E-state index contributed by atoms with van der Waals surface area (Å²) in [4.78, 5) is 23.6. The number of hydrogen-bond acceptors (Lipinski definition) is 4. The van der Waals surface area contributed by atoms with Crippen LogP contribution in [0, 0.1) is 11.8 Å². The average molecular weight is 363 g/mol. The molecule has 0 spiro atoms. The van der Waals surface area contributed by atoms with E-state index in [9.17, 15) is 9.59 Å². The van der Waals surface area contributed by atoms with Crippen molar-refractivity contribution in [1.82, 2.24) is 0 Å². The van der Waals surface area contributed by atoms with Crippen molar-refractivity contribution in [3.8, 4) is 11.5 Å². The van der Waals surface area contributed by atoms with Crippen molar-refractivity contribution in [2.24, 2.45) is 11.8 Å². The van der Waals surface area contributed by atoms with Crippen LogP contribution in [0.1, 0.15) is 25.7 Å². The van der Waals surface area contributed by atoms with Crippen LogP contribution >= 0.6 is 0 Å². The van der Waals surface area contributed by atoms with Gasteiger partial charge in [0.1, 0.15) is 11.5 Å². The third-order valence-corrected chi connectivity index (χ3v) is 4.47. The number of carbonyl (C=O) groups is 2. The first-order valence-corrected chi connectivity index (χ1v) is 9.14. The minimum Gasteiger partial charge on any atom is -0.526 e. The maximum atomic E-state index is 11.8. The molecule has 2 amide bonds. The SMILES string of the molecule is O=C(Nc1cccc(O[B]Oc2cccc(NC(=O)C3CC3)c2)c1)C1CC1. The lowest BCUT2D eigenvalue weighted by molar-refractivity contribution is -0.118. The molecule has 2 N–H and O–H groups in total.